The van der Waals surface area contributed by atoms with Crippen LogP contribution in [0.1, 0.15) is 66.8 Å². The Morgan fingerprint density at radius 3 is 2.48 bits per heavy atom. The highest BCUT2D eigenvalue weighted by molar-refractivity contribution is 7.89. The molecule has 1 aromatic rings. The topological polar surface area (TPSA) is 72.5 Å². The van der Waals surface area contributed by atoms with Gasteiger partial charge in [0.05, 0.1) is 18.4 Å². The Morgan fingerprint density at radius 2 is 1.88 bits per heavy atom. The first-order valence-corrected chi connectivity index (χ1v) is 10.7. The lowest BCUT2D eigenvalue weighted by Gasteiger charge is -2.22. The number of benzene rings is 1. The molecule has 0 bridgehead atoms. The van der Waals surface area contributed by atoms with E-state index in [-0.39, 0.29) is 11.5 Å². The highest BCUT2D eigenvalue weighted by Crippen LogP contribution is 2.45. The van der Waals surface area contributed by atoms with Gasteiger partial charge in [-0.25, -0.2) is 17.5 Å². The molecule has 2 fully saturated rings. The highest BCUT2D eigenvalue weighted by Gasteiger charge is 2.30. The van der Waals surface area contributed by atoms with Crippen LogP contribution < -0.4 is 9.46 Å². The molecule has 2 aliphatic carbocycles. The largest absolute Gasteiger partial charge is 0.493 e. The first-order valence-electron chi connectivity index (χ1n) is 8.82. The summed E-state index contributed by atoms with van der Waals surface area (Å²) in [5, 5.41) is 0. The number of rotatable bonds is 6. The summed E-state index contributed by atoms with van der Waals surface area (Å²) < 4.78 is 44.5. The van der Waals surface area contributed by atoms with Crippen LogP contribution in [0.15, 0.2) is 12.1 Å². The van der Waals surface area contributed by atoms with Gasteiger partial charge in [-0.2, -0.15) is 0 Å². The van der Waals surface area contributed by atoms with Crippen molar-refractivity contribution in [3.8, 4) is 5.75 Å². The molecular weight excluding hydrogens is 345 g/mol. The summed E-state index contributed by atoms with van der Waals surface area (Å²) in [6, 6.07) is 2.68. The molecule has 0 radical (unpaired) electrons. The molecule has 5 nitrogen and oxygen atoms in total. The van der Waals surface area contributed by atoms with Crippen LogP contribution in [0.2, 0.25) is 0 Å². The molecule has 0 heterocycles. The van der Waals surface area contributed by atoms with Crippen LogP contribution in [0, 0.1) is 11.7 Å². The lowest BCUT2D eigenvalue weighted by Crippen LogP contribution is -2.30. The van der Waals surface area contributed by atoms with Crippen LogP contribution in [0.4, 0.5) is 4.39 Å². The molecule has 2 aliphatic rings. The molecule has 1 N–H and O–H groups in total. The van der Waals surface area contributed by atoms with Gasteiger partial charge in [0.2, 0.25) is 10.0 Å². The summed E-state index contributed by atoms with van der Waals surface area (Å²) in [5.74, 6) is -0.463. The summed E-state index contributed by atoms with van der Waals surface area (Å²) in [4.78, 5) is 12.0. The smallest absolute Gasteiger partial charge is 0.267 e. The predicted octanol–water partition coefficient (Wildman–Crippen LogP) is 3.35. The summed E-state index contributed by atoms with van der Waals surface area (Å²) in [6.45, 7) is 0.564. The van der Waals surface area contributed by atoms with Gasteiger partial charge >= 0.3 is 0 Å². The second kappa shape index (κ2) is 7.32. The number of sulfonamides is 1. The SMILES string of the molecule is CS(=O)(=O)NC(=O)c1cc(C2CC2)c(OCC2CCCCC2)cc1F. The van der Waals surface area contributed by atoms with Gasteiger partial charge in [-0.1, -0.05) is 19.3 Å². The number of carbonyl (C=O) groups excluding carboxylic acids is 1. The zero-order valence-electron chi connectivity index (χ0n) is 14.4. The Bertz CT molecular complexity index is 753. The van der Waals surface area contributed by atoms with E-state index in [1.54, 1.807) is 0 Å². The van der Waals surface area contributed by atoms with E-state index in [1.165, 1.54) is 31.4 Å². The summed E-state index contributed by atoms with van der Waals surface area (Å²) in [6.07, 6.45) is 8.77. The molecule has 3 rings (SSSR count). The number of carbonyl (C=O) groups is 1. The summed E-state index contributed by atoms with van der Waals surface area (Å²) >= 11 is 0. The standard InChI is InChI=1S/C18H24FNO4S/c1-25(22,23)20-18(21)15-9-14(13-7-8-13)17(10-16(15)19)24-11-12-5-3-2-4-6-12/h9-10,12-13H,2-8,11H2,1H3,(H,20,21). The van der Waals surface area contributed by atoms with Gasteiger partial charge in [-0.05, 0) is 49.1 Å². The molecule has 0 saturated heterocycles. The second-order valence-corrected chi connectivity index (χ2v) is 8.91. The molecule has 138 valence electrons. The van der Waals surface area contributed by atoms with E-state index in [2.05, 4.69) is 0 Å². The minimum Gasteiger partial charge on any atom is -0.493 e. The molecule has 0 unspecified atom stereocenters. The van der Waals surface area contributed by atoms with Gasteiger partial charge in [-0.3, -0.25) is 4.79 Å². The van der Waals surface area contributed by atoms with E-state index in [0.29, 0.717) is 18.3 Å². The molecular formula is C18H24FNO4S. The van der Waals surface area contributed by atoms with Crippen LogP contribution in [-0.2, 0) is 10.0 Å². The number of ether oxygens (including phenoxy) is 1. The van der Waals surface area contributed by atoms with Gasteiger partial charge < -0.3 is 4.74 Å². The molecule has 7 heteroatoms. The van der Waals surface area contributed by atoms with Crippen molar-refractivity contribution < 1.29 is 22.3 Å². The van der Waals surface area contributed by atoms with Crippen LogP contribution in [0.25, 0.3) is 0 Å². The van der Waals surface area contributed by atoms with Crippen molar-refractivity contribution in [2.24, 2.45) is 5.92 Å². The summed E-state index contributed by atoms with van der Waals surface area (Å²) in [5.41, 5.74) is 0.549. The predicted molar refractivity (Wildman–Crippen MR) is 92.8 cm³/mol. The van der Waals surface area contributed by atoms with Crippen molar-refractivity contribution in [3.05, 3.63) is 29.1 Å². The fraction of sp³-hybridized carbons (Fsp3) is 0.611. The lowest BCUT2D eigenvalue weighted by molar-refractivity contribution is 0.0977. The highest BCUT2D eigenvalue weighted by atomic mass is 32.2. The molecule has 0 spiro atoms. The molecule has 2 saturated carbocycles. The zero-order valence-corrected chi connectivity index (χ0v) is 15.2. The first kappa shape index (κ1) is 18.2. The van der Waals surface area contributed by atoms with E-state index >= 15 is 0 Å². The van der Waals surface area contributed by atoms with Gasteiger partial charge in [0.1, 0.15) is 11.6 Å². The molecule has 0 atom stereocenters. The quantitative estimate of drug-likeness (QED) is 0.835. The van der Waals surface area contributed by atoms with Crippen molar-refractivity contribution in [3.63, 3.8) is 0 Å². The zero-order chi connectivity index (χ0) is 18.0. The number of halogens is 1. The number of nitrogens with one attached hydrogen (secondary N) is 1. The minimum atomic E-state index is -3.74. The van der Waals surface area contributed by atoms with Crippen molar-refractivity contribution in [2.75, 3.05) is 12.9 Å². The molecule has 25 heavy (non-hydrogen) atoms. The Balaban J connectivity index is 1.79. The van der Waals surface area contributed by atoms with Crippen molar-refractivity contribution >= 4 is 15.9 Å². The van der Waals surface area contributed by atoms with Crippen molar-refractivity contribution in [1.82, 2.24) is 4.72 Å². The molecule has 1 amide bonds. The fourth-order valence-corrected chi connectivity index (χ4v) is 3.82. The number of hydrogen-bond acceptors (Lipinski definition) is 4. The average Bonchev–Trinajstić information content (AvgIpc) is 3.37. The Kier molecular flexibility index (Phi) is 5.32. The van der Waals surface area contributed by atoms with E-state index in [1.807, 2.05) is 4.72 Å². The van der Waals surface area contributed by atoms with Crippen molar-refractivity contribution in [2.45, 2.75) is 50.9 Å². The third kappa shape index (κ3) is 4.93. The van der Waals surface area contributed by atoms with Gasteiger partial charge in [0.15, 0.2) is 0 Å². The third-order valence-corrected chi connectivity index (χ3v) is 5.39. The maximum Gasteiger partial charge on any atom is 0.267 e. The first-order chi connectivity index (χ1) is 11.8. The van der Waals surface area contributed by atoms with E-state index in [0.717, 1.165) is 37.5 Å². The molecule has 1 aromatic carbocycles. The normalized spacial score (nSPS) is 18.8. The van der Waals surface area contributed by atoms with Gasteiger partial charge in [0, 0.05) is 6.07 Å². The monoisotopic (exact) mass is 369 g/mol. The van der Waals surface area contributed by atoms with E-state index in [9.17, 15) is 17.6 Å². The average molecular weight is 369 g/mol. The maximum absolute atomic E-state index is 14.4. The van der Waals surface area contributed by atoms with E-state index in [4.69, 9.17) is 4.74 Å². The van der Waals surface area contributed by atoms with Crippen LogP contribution in [0.5, 0.6) is 5.75 Å². The Hall–Kier alpha value is -1.63. The molecule has 0 aromatic heterocycles. The Labute approximate surface area is 148 Å². The van der Waals surface area contributed by atoms with E-state index < -0.39 is 21.7 Å². The number of amides is 1. The minimum absolute atomic E-state index is 0.252. The van der Waals surface area contributed by atoms with Gasteiger partial charge in [-0.15, -0.1) is 0 Å². The van der Waals surface area contributed by atoms with Crippen LogP contribution in [-0.4, -0.2) is 27.2 Å². The lowest BCUT2D eigenvalue weighted by atomic mass is 9.90. The second-order valence-electron chi connectivity index (χ2n) is 7.16. The Morgan fingerprint density at radius 1 is 1.20 bits per heavy atom. The summed E-state index contributed by atoms with van der Waals surface area (Å²) in [7, 11) is -3.74. The van der Waals surface area contributed by atoms with Gasteiger partial charge in [0.25, 0.3) is 5.91 Å². The van der Waals surface area contributed by atoms with Crippen molar-refractivity contribution in [1.29, 1.82) is 0 Å². The van der Waals surface area contributed by atoms with Crippen LogP contribution in [0.3, 0.4) is 0 Å². The number of hydrogen-bond donors (Lipinski definition) is 1. The van der Waals surface area contributed by atoms with Crippen LogP contribution >= 0.6 is 0 Å². The fourth-order valence-electron chi connectivity index (χ4n) is 3.37. The molecule has 0 aliphatic heterocycles. The third-order valence-electron chi connectivity index (χ3n) is 4.84. The maximum atomic E-state index is 14.4.